The second kappa shape index (κ2) is 11.0. The molecule has 2 atom stereocenters. The lowest BCUT2D eigenvalue weighted by Crippen LogP contribution is -2.47. The van der Waals surface area contributed by atoms with E-state index in [1.165, 1.54) is 6.07 Å². The molecule has 1 aromatic rings. The van der Waals surface area contributed by atoms with Crippen LogP contribution >= 0.6 is 35.7 Å². The maximum atomic E-state index is 14.0. The Hall–Kier alpha value is -1.03. The maximum absolute atomic E-state index is 14.0. The number of hydrogen-bond donors (Lipinski definition) is 2. The Morgan fingerprint density at radius 1 is 1.13 bits per heavy atom. The molecule has 0 spiro atoms. The summed E-state index contributed by atoms with van der Waals surface area (Å²) in [7, 11) is 1.78. The van der Waals surface area contributed by atoms with Crippen molar-refractivity contribution in [2.75, 3.05) is 31.6 Å². The molecule has 1 heterocycles. The molecule has 4 rings (SSSR count). The molecule has 5 nitrogen and oxygen atoms in total. The molecule has 3 fully saturated rings. The maximum Gasteiger partial charge on any atom is 0.225 e. The second-order valence-corrected chi connectivity index (χ2v) is 9.54. The standard InChI is InChI=1S/C22H31FN4OS.HI/c1-24-22(26-20-14-18(20)17-4-2-3-5-19(17)23)25-16-8-6-15(7-9-16)21(28)27-10-12-29-13-11-27;/h2-5,15-16,18,20H,6-14H2,1H3,(H2,24,25,26);1H. The molecule has 1 aromatic carbocycles. The molecule has 0 aromatic heterocycles. The highest BCUT2D eigenvalue weighted by atomic mass is 127. The number of amides is 1. The van der Waals surface area contributed by atoms with E-state index in [0.29, 0.717) is 11.9 Å². The van der Waals surface area contributed by atoms with Gasteiger partial charge >= 0.3 is 0 Å². The van der Waals surface area contributed by atoms with Crippen LogP contribution in [0.15, 0.2) is 29.3 Å². The molecule has 2 N–H and O–H groups in total. The van der Waals surface area contributed by atoms with E-state index in [0.717, 1.165) is 68.2 Å². The number of hydrogen-bond acceptors (Lipinski definition) is 3. The van der Waals surface area contributed by atoms with Gasteiger partial charge < -0.3 is 15.5 Å². The van der Waals surface area contributed by atoms with Crippen molar-refractivity contribution in [3.05, 3.63) is 35.6 Å². The largest absolute Gasteiger partial charge is 0.354 e. The van der Waals surface area contributed by atoms with Crippen LogP contribution in [0.2, 0.25) is 0 Å². The van der Waals surface area contributed by atoms with E-state index in [1.807, 2.05) is 23.9 Å². The van der Waals surface area contributed by atoms with Crippen molar-refractivity contribution in [2.45, 2.75) is 50.1 Å². The van der Waals surface area contributed by atoms with Crippen LogP contribution in [0, 0.1) is 11.7 Å². The predicted molar refractivity (Wildman–Crippen MR) is 132 cm³/mol. The van der Waals surface area contributed by atoms with Crippen molar-refractivity contribution >= 4 is 47.6 Å². The molecule has 2 unspecified atom stereocenters. The summed E-state index contributed by atoms with van der Waals surface area (Å²) in [6.07, 6.45) is 4.79. The number of carbonyl (C=O) groups excluding carboxylic acids is 1. The minimum absolute atomic E-state index is 0. The minimum Gasteiger partial charge on any atom is -0.354 e. The van der Waals surface area contributed by atoms with Gasteiger partial charge in [0, 0.05) is 55.6 Å². The summed E-state index contributed by atoms with van der Waals surface area (Å²) in [6, 6.07) is 7.59. The third-order valence-corrected chi connectivity index (χ3v) is 7.32. The van der Waals surface area contributed by atoms with Crippen LogP contribution in [0.5, 0.6) is 0 Å². The van der Waals surface area contributed by atoms with Crippen LogP contribution in [0.3, 0.4) is 0 Å². The van der Waals surface area contributed by atoms with Crippen LogP contribution in [0.4, 0.5) is 4.39 Å². The highest BCUT2D eigenvalue weighted by Crippen LogP contribution is 2.41. The highest BCUT2D eigenvalue weighted by Gasteiger charge is 2.41. The third-order valence-electron chi connectivity index (χ3n) is 6.38. The number of nitrogens with zero attached hydrogens (tertiary/aromatic N) is 2. The quantitative estimate of drug-likeness (QED) is 0.345. The molecular formula is C22H32FIN4OS. The molecule has 1 saturated heterocycles. The zero-order valence-corrected chi connectivity index (χ0v) is 20.6. The molecule has 30 heavy (non-hydrogen) atoms. The fraction of sp³-hybridized carbons (Fsp3) is 0.636. The Kier molecular flexibility index (Phi) is 8.68. The van der Waals surface area contributed by atoms with Crippen molar-refractivity contribution in [3.63, 3.8) is 0 Å². The van der Waals surface area contributed by atoms with Crippen LogP contribution in [0.25, 0.3) is 0 Å². The fourth-order valence-corrected chi connectivity index (χ4v) is 5.44. The summed E-state index contributed by atoms with van der Waals surface area (Å²) in [6.45, 7) is 1.81. The Morgan fingerprint density at radius 3 is 2.50 bits per heavy atom. The molecule has 0 bridgehead atoms. The van der Waals surface area contributed by atoms with Crippen LogP contribution in [-0.2, 0) is 4.79 Å². The Morgan fingerprint density at radius 2 is 1.83 bits per heavy atom. The number of guanidine groups is 1. The Balaban J connectivity index is 0.00000256. The fourth-order valence-electron chi connectivity index (χ4n) is 4.54. The van der Waals surface area contributed by atoms with Crippen molar-refractivity contribution in [2.24, 2.45) is 10.9 Å². The van der Waals surface area contributed by atoms with Crippen molar-refractivity contribution in [1.82, 2.24) is 15.5 Å². The van der Waals surface area contributed by atoms with Crippen LogP contribution in [0.1, 0.15) is 43.6 Å². The summed E-state index contributed by atoms with van der Waals surface area (Å²) in [5.41, 5.74) is 0.788. The summed E-state index contributed by atoms with van der Waals surface area (Å²) in [4.78, 5) is 19.1. The number of rotatable bonds is 4. The monoisotopic (exact) mass is 546 g/mol. The SMILES string of the molecule is CN=C(NC1CCC(C(=O)N2CCSCC2)CC1)NC1CC1c1ccccc1F.I. The first-order valence-corrected chi connectivity index (χ1v) is 11.9. The van der Waals surface area contributed by atoms with Gasteiger partial charge in [0.25, 0.3) is 0 Å². The topological polar surface area (TPSA) is 56.7 Å². The van der Waals surface area contributed by atoms with E-state index < -0.39 is 0 Å². The summed E-state index contributed by atoms with van der Waals surface area (Å²) >= 11 is 1.94. The van der Waals surface area contributed by atoms with Gasteiger partial charge in [-0.3, -0.25) is 9.79 Å². The van der Waals surface area contributed by atoms with Gasteiger partial charge in [-0.05, 0) is 43.7 Å². The van der Waals surface area contributed by atoms with Gasteiger partial charge in [0.1, 0.15) is 5.82 Å². The number of thioether (sulfide) groups is 1. The summed E-state index contributed by atoms with van der Waals surface area (Å²) in [5.74, 6) is 3.55. The smallest absolute Gasteiger partial charge is 0.225 e. The molecule has 1 amide bonds. The lowest BCUT2D eigenvalue weighted by atomic mass is 9.85. The van der Waals surface area contributed by atoms with Crippen LogP contribution < -0.4 is 10.6 Å². The second-order valence-electron chi connectivity index (χ2n) is 8.32. The lowest BCUT2D eigenvalue weighted by Gasteiger charge is -2.34. The third kappa shape index (κ3) is 5.81. The molecular weight excluding hydrogens is 514 g/mol. The number of halogens is 2. The Labute approximate surface area is 200 Å². The van der Waals surface area contributed by atoms with Gasteiger partial charge in [0.15, 0.2) is 5.96 Å². The summed E-state index contributed by atoms with van der Waals surface area (Å²) < 4.78 is 14.0. The first-order valence-electron chi connectivity index (χ1n) is 10.8. The average molecular weight is 546 g/mol. The van der Waals surface area contributed by atoms with E-state index in [-0.39, 0.29) is 47.7 Å². The van der Waals surface area contributed by atoms with E-state index >= 15 is 0 Å². The van der Waals surface area contributed by atoms with Gasteiger partial charge in [-0.2, -0.15) is 11.8 Å². The van der Waals surface area contributed by atoms with Crippen molar-refractivity contribution in [3.8, 4) is 0 Å². The average Bonchev–Trinajstić information content (AvgIpc) is 3.53. The van der Waals surface area contributed by atoms with Gasteiger partial charge in [-0.1, -0.05) is 18.2 Å². The number of carbonyl (C=O) groups is 1. The molecule has 1 aliphatic heterocycles. The van der Waals surface area contributed by atoms with Crippen molar-refractivity contribution < 1.29 is 9.18 Å². The normalized spacial score (nSPS) is 29.0. The van der Waals surface area contributed by atoms with Gasteiger partial charge in [-0.25, -0.2) is 4.39 Å². The summed E-state index contributed by atoms with van der Waals surface area (Å²) in [5, 5.41) is 6.96. The molecule has 8 heteroatoms. The molecule has 2 saturated carbocycles. The van der Waals surface area contributed by atoms with Gasteiger partial charge in [0.2, 0.25) is 5.91 Å². The van der Waals surface area contributed by atoms with Crippen LogP contribution in [-0.4, -0.2) is 60.5 Å². The van der Waals surface area contributed by atoms with Crippen molar-refractivity contribution in [1.29, 1.82) is 0 Å². The first-order chi connectivity index (χ1) is 14.2. The zero-order valence-electron chi connectivity index (χ0n) is 17.5. The predicted octanol–water partition coefficient (Wildman–Crippen LogP) is 3.60. The van der Waals surface area contributed by atoms with Gasteiger partial charge in [-0.15, -0.1) is 24.0 Å². The number of aliphatic imine (C=N–C) groups is 1. The van der Waals surface area contributed by atoms with E-state index in [2.05, 4.69) is 20.5 Å². The molecule has 3 aliphatic rings. The molecule has 2 aliphatic carbocycles. The van der Waals surface area contributed by atoms with E-state index in [9.17, 15) is 9.18 Å². The number of benzene rings is 1. The lowest BCUT2D eigenvalue weighted by molar-refractivity contribution is -0.136. The minimum atomic E-state index is -0.125. The molecule has 166 valence electrons. The first kappa shape index (κ1) is 23.6. The highest BCUT2D eigenvalue weighted by molar-refractivity contribution is 14.0. The zero-order chi connectivity index (χ0) is 20.2. The van der Waals surface area contributed by atoms with E-state index in [4.69, 9.17) is 0 Å². The molecule has 0 radical (unpaired) electrons. The van der Waals surface area contributed by atoms with Gasteiger partial charge in [0.05, 0.1) is 0 Å². The Bertz CT molecular complexity index is 750. The van der Waals surface area contributed by atoms with E-state index in [1.54, 1.807) is 13.1 Å². The number of nitrogens with one attached hydrogen (secondary N) is 2.